The highest BCUT2D eigenvalue weighted by Crippen LogP contribution is 2.36. The number of nitrogens with zero attached hydrogens (tertiary/aromatic N) is 1. The van der Waals surface area contributed by atoms with Crippen molar-refractivity contribution in [2.24, 2.45) is 0 Å². The topological polar surface area (TPSA) is 100 Å². The van der Waals surface area contributed by atoms with E-state index in [0.29, 0.717) is 34.4 Å². The zero-order valence-electron chi connectivity index (χ0n) is 19.7. The fourth-order valence-corrected chi connectivity index (χ4v) is 4.64. The summed E-state index contributed by atoms with van der Waals surface area (Å²) in [6, 6.07) is 26.5. The van der Waals surface area contributed by atoms with Gasteiger partial charge in [-0.3, -0.25) is 9.59 Å². The molecular weight excluding hydrogens is 474 g/mol. The van der Waals surface area contributed by atoms with Crippen molar-refractivity contribution in [2.45, 2.75) is 18.9 Å². The van der Waals surface area contributed by atoms with E-state index >= 15 is 0 Å². The number of thioether (sulfide) groups is 1. The summed E-state index contributed by atoms with van der Waals surface area (Å²) in [5.74, 6) is 0.617. The quantitative estimate of drug-likeness (QED) is 0.431. The van der Waals surface area contributed by atoms with Gasteiger partial charge in [-0.05, 0) is 47.5 Å². The lowest BCUT2D eigenvalue weighted by Crippen LogP contribution is -2.31. The Kier molecular flexibility index (Phi) is 8.27. The predicted octanol–water partition coefficient (Wildman–Crippen LogP) is 4.98. The summed E-state index contributed by atoms with van der Waals surface area (Å²) in [6.45, 7) is 0.453. The van der Waals surface area contributed by atoms with Crippen molar-refractivity contribution in [3.05, 3.63) is 101 Å². The number of ether oxygens (including phenoxy) is 2. The average molecular weight is 500 g/mol. The number of carbonyl (C=O) groups is 2. The summed E-state index contributed by atoms with van der Waals surface area (Å²) in [5, 5.41) is 15.9. The summed E-state index contributed by atoms with van der Waals surface area (Å²) in [5.41, 5.74) is 2.98. The van der Waals surface area contributed by atoms with Crippen molar-refractivity contribution < 1.29 is 19.1 Å². The molecule has 0 aliphatic carbocycles. The second kappa shape index (κ2) is 12.0. The lowest BCUT2D eigenvalue weighted by Gasteiger charge is -2.25. The zero-order valence-corrected chi connectivity index (χ0v) is 20.5. The van der Waals surface area contributed by atoms with Gasteiger partial charge in [0.2, 0.25) is 11.8 Å². The molecule has 3 aromatic rings. The van der Waals surface area contributed by atoms with Crippen LogP contribution >= 0.6 is 11.8 Å². The molecule has 1 aliphatic rings. The number of rotatable bonds is 9. The van der Waals surface area contributed by atoms with Crippen molar-refractivity contribution in [2.75, 3.05) is 18.2 Å². The molecule has 0 unspecified atom stereocenters. The van der Waals surface area contributed by atoms with E-state index in [-0.39, 0.29) is 29.9 Å². The van der Waals surface area contributed by atoms with Crippen molar-refractivity contribution in [1.29, 1.82) is 5.26 Å². The van der Waals surface area contributed by atoms with Crippen LogP contribution in [-0.2, 0) is 16.2 Å². The van der Waals surface area contributed by atoms with Gasteiger partial charge in [0, 0.05) is 18.0 Å². The van der Waals surface area contributed by atoms with E-state index in [1.165, 1.54) is 0 Å². The number of benzene rings is 3. The Morgan fingerprint density at radius 3 is 2.42 bits per heavy atom. The molecule has 3 aromatic carbocycles. The SMILES string of the molecule is COc1ccc(NC(=O)CSC2=C(C#N)[C@H](c3ccc(OCc4ccccc4)cc3)CC(=O)N2)cc1. The fraction of sp³-hybridized carbons (Fsp3) is 0.179. The first-order valence-electron chi connectivity index (χ1n) is 11.3. The smallest absolute Gasteiger partial charge is 0.234 e. The molecule has 0 saturated heterocycles. The Morgan fingerprint density at radius 2 is 1.75 bits per heavy atom. The lowest BCUT2D eigenvalue weighted by molar-refractivity contribution is -0.121. The third-order valence-corrected chi connectivity index (χ3v) is 6.63. The van der Waals surface area contributed by atoms with Gasteiger partial charge in [-0.15, -0.1) is 0 Å². The minimum Gasteiger partial charge on any atom is -0.497 e. The third-order valence-electron chi connectivity index (χ3n) is 5.61. The first-order valence-corrected chi connectivity index (χ1v) is 12.3. The Balaban J connectivity index is 1.41. The number of hydrogen-bond acceptors (Lipinski definition) is 6. The summed E-state index contributed by atoms with van der Waals surface area (Å²) >= 11 is 1.14. The molecule has 0 saturated carbocycles. The monoisotopic (exact) mass is 499 g/mol. The number of anilines is 1. The maximum Gasteiger partial charge on any atom is 0.234 e. The van der Waals surface area contributed by atoms with Crippen LogP contribution in [0, 0.1) is 11.3 Å². The molecule has 0 bridgehead atoms. The van der Waals surface area contributed by atoms with Gasteiger partial charge >= 0.3 is 0 Å². The Morgan fingerprint density at radius 1 is 1.06 bits per heavy atom. The van der Waals surface area contributed by atoms with Crippen molar-refractivity contribution in [3.8, 4) is 17.6 Å². The summed E-state index contributed by atoms with van der Waals surface area (Å²) in [4.78, 5) is 24.9. The van der Waals surface area contributed by atoms with Gasteiger partial charge in [-0.25, -0.2) is 0 Å². The van der Waals surface area contributed by atoms with Crippen LogP contribution in [0.5, 0.6) is 11.5 Å². The van der Waals surface area contributed by atoms with Crippen LogP contribution in [-0.4, -0.2) is 24.7 Å². The normalized spacial score (nSPS) is 15.0. The molecule has 0 radical (unpaired) electrons. The summed E-state index contributed by atoms with van der Waals surface area (Å²) < 4.78 is 11.0. The van der Waals surface area contributed by atoms with Crippen LogP contribution in [0.4, 0.5) is 5.69 Å². The van der Waals surface area contributed by atoms with Crippen LogP contribution in [0.25, 0.3) is 0 Å². The van der Waals surface area contributed by atoms with Crippen LogP contribution in [0.1, 0.15) is 23.5 Å². The summed E-state index contributed by atoms with van der Waals surface area (Å²) in [6.07, 6.45) is 0.162. The molecule has 0 fully saturated rings. The van der Waals surface area contributed by atoms with Gasteiger partial charge in [0.25, 0.3) is 0 Å². The predicted molar refractivity (Wildman–Crippen MR) is 139 cm³/mol. The van der Waals surface area contributed by atoms with E-state index in [1.807, 2.05) is 54.6 Å². The van der Waals surface area contributed by atoms with E-state index in [9.17, 15) is 14.9 Å². The van der Waals surface area contributed by atoms with Gasteiger partial charge < -0.3 is 20.1 Å². The highest BCUT2D eigenvalue weighted by atomic mass is 32.2. The Hall–Kier alpha value is -4.22. The van der Waals surface area contributed by atoms with Crippen LogP contribution < -0.4 is 20.1 Å². The number of carbonyl (C=O) groups excluding carboxylic acids is 2. The molecule has 0 spiro atoms. The molecule has 182 valence electrons. The number of methoxy groups -OCH3 is 1. The molecule has 36 heavy (non-hydrogen) atoms. The molecule has 2 N–H and O–H groups in total. The van der Waals surface area contributed by atoms with E-state index < -0.39 is 0 Å². The molecule has 7 nitrogen and oxygen atoms in total. The van der Waals surface area contributed by atoms with Crippen LogP contribution in [0.3, 0.4) is 0 Å². The first kappa shape index (κ1) is 24.9. The standard InChI is InChI=1S/C28H25N3O4S/c1-34-22-13-9-21(10-14-22)30-27(33)18-36-28-25(16-29)24(15-26(32)31-28)20-7-11-23(12-8-20)35-17-19-5-3-2-4-6-19/h2-14,24H,15,17-18H2,1H3,(H,30,33)(H,31,32)/t24-/m0/s1. The molecule has 1 aliphatic heterocycles. The minimum absolute atomic E-state index is 0.0474. The number of hydrogen-bond donors (Lipinski definition) is 2. The van der Waals surface area contributed by atoms with Crippen LogP contribution in [0.2, 0.25) is 0 Å². The van der Waals surface area contributed by atoms with Gasteiger partial charge in [-0.2, -0.15) is 5.26 Å². The van der Waals surface area contributed by atoms with E-state index in [4.69, 9.17) is 9.47 Å². The van der Waals surface area contributed by atoms with Gasteiger partial charge in [0.05, 0.1) is 29.5 Å². The van der Waals surface area contributed by atoms with Gasteiger partial charge in [0.1, 0.15) is 18.1 Å². The number of amides is 2. The molecule has 2 amide bonds. The Bertz CT molecular complexity index is 1280. The second-order valence-electron chi connectivity index (χ2n) is 8.07. The van der Waals surface area contributed by atoms with E-state index in [1.54, 1.807) is 31.4 Å². The largest absolute Gasteiger partial charge is 0.497 e. The lowest BCUT2D eigenvalue weighted by atomic mass is 9.87. The Labute approximate surface area is 214 Å². The molecule has 0 aromatic heterocycles. The van der Waals surface area contributed by atoms with Crippen molar-refractivity contribution >= 4 is 29.3 Å². The third kappa shape index (κ3) is 6.46. The highest BCUT2D eigenvalue weighted by Gasteiger charge is 2.30. The van der Waals surface area contributed by atoms with Gasteiger partial charge in [-0.1, -0.05) is 54.2 Å². The average Bonchev–Trinajstić information content (AvgIpc) is 2.91. The zero-order chi connectivity index (χ0) is 25.3. The molecule has 1 atom stereocenters. The van der Waals surface area contributed by atoms with Gasteiger partial charge in [0.15, 0.2) is 0 Å². The maximum atomic E-state index is 12.4. The van der Waals surface area contributed by atoms with E-state index in [0.717, 1.165) is 22.9 Å². The molecule has 8 heteroatoms. The van der Waals surface area contributed by atoms with Crippen molar-refractivity contribution in [3.63, 3.8) is 0 Å². The first-order chi connectivity index (χ1) is 17.6. The van der Waals surface area contributed by atoms with E-state index in [2.05, 4.69) is 16.7 Å². The number of nitrogens with one attached hydrogen (secondary N) is 2. The highest BCUT2D eigenvalue weighted by molar-refractivity contribution is 8.03. The molecular formula is C28H25N3O4S. The number of nitriles is 1. The number of allylic oxidation sites excluding steroid dienone is 1. The van der Waals surface area contributed by atoms with Crippen molar-refractivity contribution in [1.82, 2.24) is 5.32 Å². The van der Waals surface area contributed by atoms with Crippen LogP contribution in [0.15, 0.2) is 89.5 Å². The maximum absolute atomic E-state index is 12.4. The fourth-order valence-electron chi connectivity index (χ4n) is 3.76. The second-order valence-corrected chi connectivity index (χ2v) is 9.05. The molecule has 1 heterocycles. The summed E-state index contributed by atoms with van der Waals surface area (Å²) in [7, 11) is 1.57. The minimum atomic E-state index is -0.390. The molecule has 4 rings (SSSR count).